The molecule has 1 aromatic carbocycles. The van der Waals surface area contributed by atoms with Gasteiger partial charge in [-0.2, -0.15) is 5.10 Å². The lowest BCUT2D eigenvalue weighted by Gasteiger charge is -2.35. The van der Waals surface area contributed by atoms with E-state index in [0.29, 0.717) is 5.82 Å². The fraction of sp³-hybridized carbons (Fsp3) is 0.200. The molecule has 1 atom stereocenters. The van der Waals surface area contributed by atoms with E-state index >= 15 is 0 Å². The zero-order valence-electron chi connectivity index (χ0n) is 19.2. The van der Waals surface area contributed by atoms with Crippen molar-refractivity contribution in [1.29, 1.82) is 0 Å². The highest BCUT2D eigenvalue weighted by Crippen LogP contribution is 2.43. The molecule has 6 rings (SSSR count). The molecular weight excluding hydrogens is 426 g/mol. The second-order valence-corrected chi connectivity index (χ2v) is 8.25. The molecule has 0 spiro atoms. The van der Waals surface area contributed by atoms with Gasteiger partial charge in [0.15, 0.2) is 23.3 Å². The summed E-state index contributed by atoms with van der Waals surface area (Å²) in [6.07, 6.45) is 6.39. The van der Waals surface area contributed by atoms with Crippen molar-refractivity contribution < 1.29 is 0 Å². The van der Waals surface area contributed by atoms with Crippen molar-refractivity contribution in [2.75, 3.05) is 4.90 Å². The molecule has 1 aliphatic heterocycles. The molecule has 5 aromatic rings. The molecule has 1 unspecified atom stereocenters. The van der Waals surface area contributed by atoms with E-state index in [0.717, 1.165) is 52.2 Å². The Morgan fingerprint density at radius 3 is 2.59 bits per heavy atom. The minimum atomic E-state index is -0.0613. The number of aryl methyl sites for hydroxylation is 2. The van der Waals surface area contributed by atoms with Crippen LogP contribution in [0.1, 0.15) is 31.0 Å². The normalized spacial score (nSPS) is 14.7. The average molecular weight is 450 g/mol. The number of hydrogen-bond acceptors (Lipinski definition) is 7. The average Bonchev–Trinajstić information content (AvgIpc) is 3.49. The van der Waals surface area contributed by atoms with Crippen LogP contribution in [-0.2, 0) is 7.05 Å². The zero-order chi connectivity index (χ0) is 23.2. The maximum atomic E-state index is 5.10. The Hall–Kier alpha value is -4.40. The number of aromatic nitrogens is 8. The van der Waals surface area contributed by atoms with E-state index in [1.54, 1.807) is 10.9 Å². The SMILES string of the molecule is CCC1c2nnc(C)n2-c2cnc(-c3cccnc3-c3ccccc3)nc2N1c1ccn(C)n1. The lowest BCUT2D eigenvalue weighted by Crippen LogP contribution is -2.33. The summed E-state index contributed by atoms with van der Waals surface area (Å²) in [5.74, 6) is 3.85. The van der Waals surface area contributed by atoms with Gasteiger partial charge >= 0.3 is 0 Å². The predicted molar refractivity (Wildman–Crippen MR) is 129 cm³/mol. The summed E-state index contributed by atoms with van der Waals surface area (Å²) in [5.41, 5.74) is 3.57. The van der Waals surface area contributed by atoms with E-state index in [2.05, 4.69) is 27.0 Å². The summed E-state index contributed by atoms with van der Waals surface area (Å²) in [4.78, 5) is 16.7. The highest BCUT2D eigenvalue weighted by atomic mass is 15.4. The molecule has 168 valence electrons. The van der Waals surface area contributed by atoms with Crippen LogP contribution in [0.4, 0.5) is 11.6 Å². The van der Waals surface area contributed by atoms with Crippen LogP contribution in [0.5, 0.6) is 0 Å². The number of anilines is 2. The number of hydrogen-bond donors (Lipinski definition) is 0. The molecule has 9 heteroatoms. The van der Waals surface area contributed by atoms with Gasteiger partial charge in [-0.05, 0) is 25.5 Å². The van der Waals surface area contributed by atoms with Crippen molar-refractivity contribution in [3.8, 4) is 28.3 Å². The fourth-order valence-electron chi connectivity index (χ4n) is 4.56. The van der Waals surface area contributed by atoms with Crippen LogP contribution < -0.4 is 4.90 Å². The zero-order valence-corrected chi connectivity index (χ0v) is 19.2. The van der Waals surface area contributed by atoms with Crippen LogP contribution in [0, 0.1) is 6.92 Å². The van der Waals surface area contributed by atoms with Crippen LogP contribution in [-0.4, -0.2) is 39.5 Å². The Balaban J connectivity index is 1.59. The Morgan fingerprint density at radius 1 is 0.971 bits per heavy atom. The van der Waals surface area contributed by atoms with Gasteiger partial charge < -0.3 is 0 Å². The maximum absolute atomic E-state index is 5.10. The predicted octanol–water partition coefficient (Wildman–Crippen LogP) is 4.43. The van der Waals surface area contributed by atoms with Gasteiger partial charge in [0.2, 0.25) is 0 Å². The van der Waals surface area contributed by atoms with Crippen molar-refractivity contribution >= 4 is 11.6 Å². The van der Waals surface area contributed by atoms with Crippen LogP contribution in [0.15, 0.2) is 67.1 Å². The minimum absolute atomic E-state index is 0.0613. The number of rotatable bonds is 4. The Labute approximate surface area is 196 Å². The van der Waals surface area contributed by atoms with Gasteiger partial charge in [0.05, 0.1) is 17.9 Å². The summed E-state index contributed by atoms with van der Waals surface area (Å²) in [7, 11) is 1.91. The van der Waals surface area contributed by atoms with Gasteiger partial charge in [-0.15, -0.1) is 10.2 Å². The standard InChI is InChI=1S/C25H23N9/c1-4-19-25-30-29-16(2)33(25)20-15-27-23(28-24(20)34(19)21-12-14-32(3)31-21)18-11-8-13-26-22(18)17-9-6-5-7-10-17/h5-15,19H,4H2,1-3H3. The van der Waals surface area contributed by atoms with E-state index in [-0.39, 0.29) is 6.04 Å². The minimum Gasteiger partial charge on any atom is -0.297 e. The monoisotopic (exact) mass is 449 g/mol. The summed E-state index contributed by atoms with van der Waals surface area (Å²) in [5, 5.41) is 13.5. The highest BCUT2D eigenvalue weighted by Gasteiger charge is 2.37. The Kier molecular flexibility index (Phi) is 4.68. The number of nitrogens with zero attached hydrogens (tertiary/aromatic N) is 9. The third-order valence-corrected chi connectivity index (χ3v) is 6.11. The summed E-state index contributed by atoms with van der Waals surface area (Å²) in [6, 6.07) is 16.0. The molecule has 0 radical (unpaired) electrons. The van der Waals surface area contributed by atoms with E-state index in [9.17, 15) is 0 Å². The molecule has 4 aromatic heterocycles. The molecular formula is C25H23N9. The Morgan fingerprint density at radius 2 is 1.82 bits per heavy atom. The molecule has 1 aliphatic rings. The van der Waals surface area contributed by atoms with Crippen LogP contribution in [0.2, 0.25) is 0 Å². The van der Waals surface area contributed by atoms with Gasteiger partial charge in [-0.1, -0.05) is 37.3 Å². The second-order valence-electron chi connectivity index (χ2n) is 8.25. The molecule has 0 bridgehead atoms. The van der Waals surface area contributed by atoms with Crippen molar-refractivity contribution in [3.63, 3.8) is 0 Å². The van der Waals surface area contributed by atoms with E-state index in [1.165, 1.54) is 0 Å². The van der Waals surface area contributed by atoms with Gasteiger partial charge in [-0.3, -0.25) is 19.1 Å². The molecule has 34 heavy (non-hydrogen) atoms. The van der Waals surface area contributed by atoms with Crippen molar-refractivity contribution in [1.82, 2.24) is 39.5 Å². The van der Waals surface area contributed by atoms with Gasteiger partial charge in [0.25, 0.3) is 0 Å². The lowest BCUT2D eigenvalue weighted by atomic mass is 10.0. The fourth-order valence-corrected chi connectivity index (χ4v) is 4.56. The Bertz CT molecular complexity index is 1490. The third-order valence-electron chi connectivity index (χ3n) is 6.11. The summed E-state index contributed by atoms with van der Waals surface area (Å²) < 4.78 is 3.84. The molecule has 9 nitrogen and oxygen atoms in total. The van der Waals surface area contributed by atoms with Crippen LogP contribution in [0.25, 0.3) is 28.3 Å². The van der Waals surface area contributed by atoms with Gasteiger partial charge in [0, 0.05) is 36.6 Å². The molecule has 0 saturated carbocycles. The number of benzene rings is 1. The first kappa shape index (κ1) is 20.2. The molecule has 0 saturated heterocycles. The smallest absolute Gasteiger partial charge is 0.163 e. The molecule has 0 fully saturated rings. The second kappa shape index (κ2) is 7.87. The number of fused-ring (bicyclic) bond motifs is 3. The largest absolute Gasteiger partial charge is 0.297 e. The summed E-state index contributed by atoms with van der Waals surface area (Å²) >= 11 is 0. The summed E-state index contributed by atoms with van der Waals surface area (Å²) in [6.45, 7) is 4.09. The lowest BCUT2D eigenvalue weighted by molar-refractivity contribution is 0.579. The van der Waals surface area contributed by atoms with Crippen LogP contribution >= 0.6 is 0 Å². The quantitative estimate of drug-likeness (QED) is 0.401. The molecule has 0 N–H and O–H groups in total. The third kappa shape index (κ3) is 3.08. The van der Waals surface area contributed by atoms with E-state index < -0.39 is 0 Å². The van der Waals surface area contributed by atoms with E-state index in [4.69, 9.17) is 15.1 Å². The highest BCUT2D eigenvalue weighted by molar-refractivity contribution is 5.79. The van der Waals surface area contributed by atoms with Crippen molar-refractivity contribution in [3.05, 3.63) is 78.8 Å². The molecule has 5 heterocycles. The maximum Gasteiger partial charge on any atom is 0.163 e. The van der Waals surface area contributed by atoms with E-state index in [1.807, 2.05) is 79.5 Å². The first-order chi connectivity index (χ1) is 16.7. The molecule has 0 amide bonds. The topological polar surface area (TPSA) is 90.4 Å². The van der Waals surface area contributed by atoms with Gasteiger partial charge in [-0.25, -0.2) is 9.97 Å². The van der Waals surface area contributed by atoms with Gasteiger partial charge in [0.1, 0.15) is 11.5 Å². The first-order valence-corrected chi connectivity index (χ1v) is 11.2. The van der Waals surface area contributed by atoms with Crippen LogP contribution in [0.3, 0.4) is 0 Å². The van der Waals surface area contributed by atoms with Crippen molar-refractivity contribution in [2.24, 2.45) is 7.05 Å². The number of pyridine rings is 1. The molecule has 0 aliphatic carbocycles. The van der Waals surface area contributed by atoms with Crippen molar-refractivity contribution in [2.45, 2.75) is 26.3 Å². The first-order valence-electron chi connectivity index (χ1n) is 11.2.